The van der Waals surface area contributed by atoms with E-state index in [4.69, 9.17) is 4.74 Å². The third kappa shape index (κ3) is 13.5. The number of amides is 7. The average Bonchev–Trinajstić information content (AvgIpc) is 3.64. The van der Waals surface area contributed by atoms with Gasteiger partial charge in [-0.05, 0) is 61.3 Å². The number of carbonyl (C=O) groups is 8. The summed E-state index contributed by atoms with van der Waals surface area (Å²) in [6, 6.07) is 0.815. The van der Waals surface area contributed by atoms with Crippen LogP contribution in [0.25, 0.3) is 0 Å². The molecule has 2 fully saturated rings. The molecule has 16 nitrogen and oxygen atoms in total. The third-order valence-electron chi connectivity index (χ3n) is 10.7. The van der Waals surface area contributed by atoms with Gasteiger partial charge in [0, 0.05) is 6.54 Å². The average molecular weight is 826 g/mol. The lowest BCUT2D eigenvalue weighted by Crippen LogP contribution is -2.62. The van der Waals surface area contributed by atoms with Crippen LogP contribution < -0.4 is 31.9 Å². The first-order valence-corrected chi connectivity index (χ1v) is 21.0. The normalized spacial score (nSPS) is 26.0. The maximum Gasteiger partial charge on any atom is 0.329 e. The molecule has 1 aromatic rings. The molecule has 59 heavy (non-hydrogen) atoms. The van der Waals surface area contributed by atoms with Crippen molar-refractivity contribution < 1.29 is 43.1 Å². The summed E-state index contributed by atoms with van der Waals surface area (Å²) in [5.41, 5.74) is 0.736. The minimum absolute atomic E-state index is 0.00552. The van der Waals surface area contributed by atoms with Gasteiger partial charge in [-0.3, -0.25) is 33.6 Å². The lowest BCUT2D eigenvalue weighted by molar-refractivity contribution is -0.157. The number of esters is 1. The number of hydrogen-bond donors (Lipinski definition) is 6. The first kappa shape index (κ1) is 48.3. The van der Waals surface area contributed by atoms with Crippen molar-refractivity contribution in [3.05, 3.63) is 35.9 Å². The van der Waals surface area contributed by atoms with Crippen LogP contribution in [0, 0.1) is 29.6 Å². The Hall–Kier alpha value is -5.02. The molecule has 2 aliphatic heterocycles. The van der Waals surface area contributed by atoms with Gasteiger partial charge in [-0.25, -0.2) is 4.79 Å². The number of nitrogens with zero attached hydrogens (tertiary/aromatic N) is 1. The quantitative estimate of drug-likeness (QED) is 0.179. The Morgan fingerprint density at radius 3 is 1.81 bits per heavy atom. The van der Waals surface area contributed by atoms with E-state index in [1.807, 2.05) is 19.9 Å². The van der Waals surface area contributed by atoms with Gasteiger partial charge >= 0.3 is 5.97 Å². The molecule has 6 N–H and O–H groups in total. The first-order chi connectivity index (χ1) is 27.6. The van der Waals surface area contributed by atoms with E-state index in [-0.39, 0.29) is 25.3 Å². The van der Waals surface area contributed by atoms with E-state index < -0.39 is 119 Å². The minimum atomic E-state index is -1.57. The molecule has 0 aliphatic carbocycles. The molecule has 2 aliphatic rings. The van der Waals surface area contributed by atoms with Crippen LogP contribution in [-0.4, -0.2) is 107 Å². The van der Waals surface area contributed by atoms with Gasteiger partial charge < -0.3 is 41.5 Å². The molecular weight excluding hydrogens is 759 g/mol. The van der Waals surface area contributed by atoms with Gasteiger partial charge in [-0.15, -0.1) is 0 Å². The Balaban J connectivity index is 2.09. The highest BCUT2D eigenvalue weighted by molar-refractivity contribution is 5.98. The maximum atomic E-state index is 14.4. The molecule has 0 bridgehead atoms. The molecule has 0 spiro atoms. The van der Waals surface area contributed by atoms with Gasteiger partial charge in [0.2, 0.25) is 41.4 Å². The minimum Gasteiger partial charge on any atom is -0.458 e. The first-order valence-electron chi connectivity index (χ1n) is 21.0. The van der Waals surface area contributed by atoms with Crippen LogP contribution in [0.2, 0.25) is 0 Å². The topological polar surface area (TPSA) is 221 Å². The second kappa shape index (κ2) is 21.8. The van der Waals surface area contributed by atoms with Crippen molar-refractivity contribution in [2.75, 3.05) is 6.54 Å². The van der Waals surface area contributed by atoms with Crippen molar-refractivity contribution in [2.24, 2.45) is 29.6 Å². The van der Waals surface area contributed by atoms with Gasteiger partial charge in [0.25, 0.3) is 0 Å². The smallest absolute Gasteiger partial charge is 0.329 e. The molecule has 0 aromatic heterocycles. The van der Waals surface area contributed by atoms with Gasteiger partial charge in [-0.2, -0.15) is 0 Å². The van der Waals surface area contributed by atoms with Crippen molar-refractivity contribution in [2.45, 2.75) is 150 Å². The fraction of sp³-hybridized carbons (Fsp3) is 0.674. The molecule has 7 amide bonds. The Morgan fingerprint density at radius 1 is 0.746 bits per heavy atom. The van der Waals surface area contributed by atoms with Crippen LogP contribution in [0.1, 0.15) is 101 Å². The molecule has 3 rings (SSSR count). The summed E-state index contributed by atoms with van der Waals surface area (Å²) < 4.78 is 5.86. The second-order valence-electron chi connectivity index (χ2n) is 17.7. The molecule has 0 unspecified atom stereocenters. The van der Waals surface area contributed by atoms with Crippen molar-refractivity contribution >= 4 is 47.3 Å². The summed E-state index contributed by atoms with van der Waals surface area (Å²) in [6.45, 7) is 19.2. The highest BCUT2D eigenvalue weighted by Gasteiger charge is 2.43. The Kier molecular flexibility index (Phi) is 17.9. The third-order valence-corrected chi connectivity index (χ3v) is 10.7. The summed E-state index contributed by atoms with van der Waals surface area (Å²) in [6.07, 6.45) is -0.366. The predicted octanol–water partition coefficient (Wildman–Crippen LogP) is 1.74. The zero-order chi connectivity index (χ0) is 44.3. The number of cyclic esters (lactones) is 1. The number of benzene rings is 1. The highest BCUT2D eigenvalue weighted by atomic mass is 16.5. The Morgan fingerprint density at radius 2 is 1.29 bits per heavy atom. The molecule has 2 heterocycles. The van der Waals surface area contributed by atoms with E-state index in [1.54, 1.807) is 79.7 Å². The van der Waals surface area contributed by atoms with Crippen molar-refractivity contribution in [1.82, 2.24) is 36.8 Å². The lowest BCUT2D eigenvalue weighted by Gasteiger charge is -2.33. The summed E-state index contributed by atoms with van der Waals surface area (Å²) in [5.74, 6) is -7.13. The van der Waals surface area contributed by atoms with Gasteiger partial charge in [0.15, 0.2) is 0 Å². The number of ether oxygens (including phenoxy) is 1. The summed E-state index contributed by atoms with van der Waals surface area (Å²) >= 11 is 0. The fourth-order valence-electron chi connectivity index (χ4n) is 7.27. The van der Waals surface area contributed by atoms with E-state index in [9.17, 15) is 38.4 Å². The van der Waals surface area contributed by atoms with Gasteiger partial charge in [0.05, 0.1) is 6.42 Å². The summed E-state index contributed by atoms with van der Waals surface area (Å²) in [7, 11) is 0. The van der Waals surface area contributed by atoms with Crippen molar-refractivity contribution in [1.29, 1.82) is 0 Å². The molecular formula is C43H67N7O9. The summed E-state index contributed by atoms with van der Waals surface area (Å²) in [5, 5.41) is 16.5. The summed E-state index contributed by atoms with van der Waals surface area (Å²) in [4.78, 5) is 113. The van der Waals surface area contributed by atoms with E-state index in [0.29, 0.717) is 12.8 Å². The Bertz CT molecular complexity index is 1670. The highest BCUT2D eigenvalue weighted by Crippen LogP contribution is 2.22. The number of fused-ring (bicyclic) bond motifs is 1. The molecule has 8 atom stereocenters. The largest absolute Gasteiger partial charge is 0.458 e. The van der Waals surface area contributed by atoms with E-state index >= 15 is 0 Å². The molecule has 328 valence electrons. The fourth-order valence-corrected chi connectivity index (χ4v) is 7.27. The predicted molar refractivity (Wildman–Crippen MR) is 221 cm³/mol. The molecule has 0 saturated carbocycles. The molecule has 1 aromatic carbocycles. The molecule has 2 saturated heterocycles. The van der Waals surface area contributed by atoms with Gasteiger partial charge in [0.1, 0.15) is 48.4 Å². The maximum absolute atomic E-state index is 14.4. The SMILES string of the molecule is CC(C)C[C@H]1NC(=O)[C@@H](NC(=O)[C@@H](NC(=O)Cc2ccccc2)C(C)C)[C@@H](C)OC(=O)[C@H](C(C)C)NC(=O)[C@H](C(C)C)NC(=O)[C@H](C(C)C)NC(=O)[C@@H]2CCCN2C1=O. The monoisotopic (exact) mass is 826 g/mol. The van der Waals surface area contributed by atoms with Crippen LogP contribution in [0.5, 0.6) is 0 Å². The number of rotatable bonds is 11. The van der Waals surface area contributed by atoms with Gasteiger partial charge in [-0.1, -0.05) is 99.6 Å². The lowest BCUT2D eigenvalue weighted by atomic mass is 9.98. The Labute approximate surface area is 348 Å². The van der Waals surface area contributed by atoms with Crippen LogP contribution in [0.3, 0.4) is 0 Å². The van der Waals surface area contributed by atoms with Crippen LogP contribution >= 0.6 is 0 Å². The van der Waals surface area contributed by atoms with Crippen LogP contribution in [0.4, 0.5) is 0 Å². The van der Waals surface area contributed by atoms with Crippen molar-refractivity contribution in [3.8, 4) is 0 Å². The van der Waals surface area contributed by atoms with E-state index in [0.717, 1.165) is 5.56 Å². The standard InChI is InChI=1S/C43H67N7O9/c1-22(2)20-29-42(57)50-19-15-18-30(50)37(52)46-33(24(5)6)39(54)47-34(25(7)8)40(55)48-35(26(9)10)43(58)59-27(11)36(41(56)44-29)49-38(53)32(23(3)4)45-31(51)21-28-16-13-12-14-17-28/h12-14,16-17,22-27,29-30,32-36H,15,18-21H2,1-11H3,(H,44,56)(H,45,51)(H,46,52)(H,47,54)(H,48,55)(H,49,53)/t27-,29-,30+,32+,33+,34+,35+,36+/m1/s1. The molecule has 16 heteroatoms. The zero-order valence-corrected chi connectivity index (χ0v) is 36.5. The molecule has 0 radical (unpaired) electrons. The number of hydrogen-bond acceptors (Lipinski definition) is 9. The van der Waals surface area contributed by atoms with Crippen LogP contribution in [-0.2, 0) is 49.5 Å². The van der Waals surface area contributed by atoms with E-state index in [1.165, 1.54) is 11.8 Å². The number of carbonyl (C=O) groups excluding carboxylic acids is 8. The van der Waals surface area contributed by atoms with Crippen LogP contribution in [0.15, 0.2) is 30.3 Å². The zero-order valence-electron chi connectivity index (χ0n) is 36.5. The van der Waals surface area contributed by atoms with E-state index in [2.05, 4.69) is 31.9 Å². The second-order valence-corrected chi connectivity index (χ2v) is 17.7. The van der Waals surface area contributed by atoms with Crippen molar-refractivity contribution in [3.63, 3.8) is 0 Å². The number of nitrogens with one attached hydrogen (secondary N) is 6.